The highest BCUT2D eigenvalue weighted by molar-refractivity contribution is 7.71. The van der Waals surface area contributed by atoms with Gasteiger partial charge in [0.05, 0.1) is 0 Å². The van der Waals surface area contributed by atoms with Crippen LogP contribution in [0, 0.1) is 16.6 Å². The number of aromatic nitrogens is 3. The van der Waals surface area contributed by atoms with E-state index < -0.39 is 0 Å². The van der Waals surface area contributed by atoms with Gasteiger partial charge in [-0.25, -0.2) is 0 Å². The third-order valence-corrected chi connectivity index (χ3v) is 4.04. The molecule has 16 heavy (non-hydrogen) atoms. The normalized spacial score (nSPS) is 21.0. The Morgan fingerprint density at radius 1 is 1.25 bits per heavy atom. The molecule has 1 aromatic rings. The van der Waals surface area contributed by atoms with Gasteiger partial charge in [-0.05, 0) is 49.7 Å². The van der Waals surface area contributed by atoms with Crippen molar-refractivity contribution in [2.24, 2.45) is 11.8 Å². The van der Waals surface area contributed by atoms with Gasteiger partial charge in [-0.2, -0.15) is 5.10 Å². The van der Waals surface area contributed by atoms with Gasteiger partial charge in [0.15, 0.2) is 4.77 Å². The van der Waals surface area contributed by atoms with Gasteiger partial charge in [0.25, 0.3) is 0 Å². The Morgan fingerprint density at radius 3 is 2.25 bits per heavy atom. The van der Waals surface area contributed by atoms with Crippen LogP contribution in [0.3, 0.4) is 0 Å². The Bertz CT molecular complexity index is 425. The van der Waals surface area contributed by atoms with Crippen LogP contribution in [0.4, 0.5) is 0 Å². The quantitative estimate of drug-likeness (QED) is 0.814. The molecule has 1 N–H and O–H groups in total. The molecular formula is C12H19N3S. The molecule has 1 aromatic heterocycles. The van der Waals surface area contributed by atoms with Crippen molar-refractivity contribution < 1.29 is 0 Å². The first kappa shape index (κ1) is 10.5. The second kappa shape index (κ2) is 3.69. The number of rotatable bonds is 4. The lowest BCUT2D eigenvalue weighted by Crippen LogP contribution is -2.17. The summed E-state index contributed by atoms with van der Waals surface area (Å²) >= 11 is 5.41. The lowest BCUT2D eigenvalue weighted by atomic mass is 10.1. The minimum Gasteiger partial charge on any atom is -0.300 e. The van der Waals surface area contributed by atoms with Crippen molar-refractivity contribution in [3.05, 3.63) is 10.6 Å². The maximum Gasteiger partial charge on any atom is 0.195 e. The molecule has 0 saturated heterocycles. The molecule has 2 aliphatic rings. The Labute approximate surface area is 101 Å². The van der Waals surface area contributed by atoms with E-state index >= 15 is 0 Å². The minimum atomic E-state index is 0.452. The fourth-order valence-electron chi connectivity index (χ4n) is 2.69. The van der Waals surface area contributed by atoms with E-state index in [0.717, 1.165) is 22.4 Å². The molecule has 0 aliphatic heterocycles. The van der Waals surface area contributed by atoms with Gasteiger partial charge in [0.2, 0.25) is 0 Å². The number of hydrogen-bond donors (Lipinski definition) is 1. The van der Waals surface area contributed by atoms with Crippen LogP contribution >= 0.6 is 12.2 Å². The summed E-state index contributed by atoms with van der Waals surface area (Å²) in [4.78, 5) is 0. The van der Waals surface area contributed by atoms with Crippen molar-refractivity contribution in [3.63, 3.8) is 0 Å². The second-order valence-corrected chi connectivity index (χ2v) is 5.96. The number of aromatic amines is 1. The largest absolute Gasteiger partial charge is 0.300 e. The van der Waals surface area contributed by atoms with Gasteiger partial charge >= 0.3 is 0 Å². The van der Waals surface area contributed by atoms with E-state index in [9.17, 15) is 0 Å². The molecule has 0 atom stereocenters. The average Bonchev–Trinajstić information content (AvgIpc) is 3.10. The molecule has 0 radical (unpaired) electrons. The Kier molecular flexibility index (Phi) is 2.42. The van der Waals surface area contributed by atoms with Crippen LogP contribution in [0.5, 0.6) is 0 Å². The molecule has 88 valence electrons. The van der Waals surface area contributed by atoms with Crippen LogP contribution in [-0.4, -0.2) is 14.8 Å². The fraction of sp³-hybridized carbons (Fsp3) is 0.833. The van der Waals surface area contributed by atoms with Gasteiger partial charge < -0.3 is 4.57 Å². The average molecular weight is 237 g/mol. The van der Waals surface area contributed by atoms with Crippen LogP contribution in [-0.2, 0) is 0 Å². The SMILES string of the molecule is CC(C)c1n[nH]c(=S)n1C(C1CC1)C1CC1. The van der Waals surface area contributed by atoms with Gasteiger partial charge in [-0.1, -0.05) is 13.8 Å². The Hall–Kier alpha value is -0.640. The maximum atomic E-state index is 5.41. The van der Waals surface area contributed by atoms with Crippen LogP contribution in [0.25, 0.3) is 0 Å². The monoisotopic (exact) mass is 237 g/mol. The van der Waals surface area contributed by atoms with E-state index in [1.807, 2.05) is 0 Å². The molecule has 0 bridgehead atoms. The summed E-state index contributed by atoms with van der Waals surface area (Å²) in [6, 6.07) is 0.642. The molecule has 0 amide bonds. The lowest BCUT2D eigenvalue weighted by Gasteiger charge is -2.20. The summed E-state index contributed by atoms with van der Waals surface area (Å²) in [6.07, 6.45) is 5.52. The highest BCUT2D eigenvalue weighted by Gasteiger charge is 2.43. The van der Waals surface area contributed by atoms with Crippen molar-refractivity contribution in [1.82, 2.24) is 14.8 Å². The molecule has 4 heteroatoms. The van der Waals surface area contributed by atoms with Crippen molar-refractivity contribution in [2.45, 2.75) is 51.5 Å². The lowest BCUT2D eigenvalue weighted by molar-refractivity contribution is 0.374. The molecular weight excluding hydrogens is 218 g/mol. The van der Waals surface area contributed by atoms with Gasteiger partial charge in [0.1, 0.15) is 5.82 Å². The van der Waals surface area contributed by atoms with E-state index in [1.54, 1.807) is 0 Å². The summed E-state index contributed by atoms with van der Waals surface area (Å²) in [5.41, 5.74) is 0. The number of nitrogens with zero attached hydrogens (tertiary/aromatic N) is 2. The summed E-state index contributed by atoms with van der Waals surface area (Å²) in [5.74, 6) is 3.34. The Balaban J connectivity index is 2.01. The highest BCUT2D eigenvalue weighted by Crippen LogP contribution is 2.52. The standard InChI is InChI=1S/C12H19N3S/c1-7(2)11-13-14-12(16)15(11)10(8-3-4-8)9-5-6-9/h7-10H,3-6H2,1-2H3,(H,14,16). The molecule has 0 aromatic carbocycles. The smallest absolute Gasteiger partial charge is 0.195 e. The zero-order chi connectivity index (χ0) is 11.3. The molecule has 2 saturated carbocycles. The molecule has 2 fully saturated rings. The van der Waals surface area contributed by atoms with Crippen molar-refractivity contribution in [3.8, 4) is 0 Å². The van der Waals surface area contributed by atoms with E-state index in [2.05, 4.69) is 28.6 Å². The molecule has 3 nitrogen and oxygen atoms in total. The number of hydrogen-bond acceptors (Lipinski definition) is 2. The molecule has 2 aliphatic carbocycles. The number of H-pyrrole nitrogens is 1. The Morgan fingerprint density at radius 2 is 1.81 bits per heavy atom. The van der Waals surface area contributed by atoms with Crippen molar-refractivity contribution in [1.29, 1.82) is 0 Å². The summed E-state index contributed by atoms with van der Waals surface area (Å²) < 4.78 is 3.16. The first-order valence-corrected chi connectivity index (χ1v) is 6.76. The van der Waals surface area contributed by atoms with Crippen LogP contribution < -0.4 is 0 Å². The topological polar surface area (TPSA) is 33.6 Å². The van der Waals surface area contributed by atoms with E-state index in [-0.39, 0.29) is 0 Å². The molecule has 1 heterocycles. The van der Waals surface area contributed by atoms with Gasteiger partial charge in [0, 0.05) is 12.0 Å². The van der Waals surface area contributed by atoms with Crippen molar-refractivity contribution >= 4 is 12.2 Å². The van der Waals surface area contributed by atoms with E-state index in [1.165, 1.54) is 25.7 Å². The van der Waals surface area contributed by atoms with Crippen LogP contribution in [0.2, 0.25) is 0 Å². The maximum absolute atomic E-state index is 5.41. The van der Waals surface area contributed by atoms with E-state index in [0.29, 0.717) is 12.0 Å². The zero-order valence-corrected chi connectivity index (χ0v) is 10.8. The number of nitrogens with one attached hydrogen (secondary N) is 1. The first-order chi connectivity index (χ1) is 7.68. The third kappa shape index (κ3) is 1.73. The summed E-state index contributed by atoms with van der Waals surface area (Å²) in [6.45, 7) is 4.39. The second-order valence-electron chi connectivity index (χ2n) is 5.58. The predicted octanol–water partition coefficient (Wildman–Crippen LogP) is 3.43. The molecule has 0 spiro atoms. The molecule has 0 unspecified atom stereocenters. The van der Waals surface area contributed by atoms with Gasteiger partial charge in [-0.15, -0.1) is 0 Å². The summed E-state index contributed by atoms with van der Waals surface area (Å²) in [7, 11) is 0. The predicted molar refractivity (Wildman–Crippen MR) is 66.0 cm³/mol. The molecule has 3 rings (SSSR count). The van der Waals surface area contributed by atoms with E-state index in [4.69, 9.17) is 12.2 Å². The zero-order valence-electron chi connectivity index (χ0n) is 9.94. The summed E-state index contributed by atoms with van der Waals surface area (Å²) in [5, 5.41) is 7.38. The van der Waals surface area contributed by atoms with Crippen LogP contribution in [0.1, 0.15) is 57.3 Å². The van der Waals surface area contributed by atoms with Crippen molar-refractivity contribution in [2.75, 3.05) is 0 Å². The minimum absolute atomic E-state index is 0.452. The fourth-order valence-corrected chi connectivity index (χ4v) is 2.96. The first-order valence-electron chi connectivity index (χ1n) is 6.35. The third-order valence-electron chi connectivity index (χ3n) is 3.76. The van der Waals surface area contributed by atoms with Crippen LogP contribution in [0.15, 0.2) is 0 Å². The highest BCUT2D eigenvalue weighted by atomic mass is 32.1. The van der Waals surface area contributed by atoms with Gasteiger partial charge in [-0.3, -0.25) is 5.10 Å².